The predicted molar refractivity (Wildman–Crippen MR) is 118 cm³/mol. The zero-order chi connectivity index (χ0) is 20.8. The van der Waals surface area contributed by atoms with Crippen LogP contribution in [-0.2, 0) is 4.74 Å². The van der Waals surface area contributed by atoms with Crippen LogP contribution in [0.25, 0.3) is 0 Å². The molecule has 29 heavy (non-hydrogen) atoms. The largest absolute Gasteiger partial charge is 0.497 e. The van der Waals surface area contributed by atoms with Crippen molar-refractivity contribution in [3.63, 3.8) is 0 Å². The summed E-state index contributed by atoms with van der Waals surface area (Å²) in [6, 6.07) is 8.36. The van der Waals surface area contributed by atoms with Crippen LogP contribution in [0.2, 0.25) is 0 Å². The van der Waals surface area contributed by atoms with E-state index >= 15 is 0 Å². The number of rotatable bonds is 4. The van der Waals surface area contributed by atoms with Gasteiger partial charge in [0.15, 0.2) is 0 Å². The van der Waals surface area contributed by atoms with Gasteiger partial charge in [-0.1, -0.05) is 6.92 Å². The molecule has 1 aliphatic carbocycles. The van der Waals surface area contributed by atoms with Crippen molar-refractivity contribution >= 4 is 5.69 Å². The van der Waals surface area contributed by atoms with Gasteiger partial charge in [-0.05, 0) is 57.0 Å². The maximum atomic E-state index is 6.75. The van der Waals surface area contributed by atoms with Gasteiger partial charge in [-0.15, -0.1) is 0 Å². The lowest BCUT2D eigenvalue weighted by Gasteiger charge is -2.40. The summed E-state index contributed by atoms with van der Waals surface area (Å²) in [6.45, 7) is 13.7. The van der Waals surface area contributed by atoms with Gasteiger partial charge < -0.3 is 20.1 Å². The van der Waals surface area contributed by atoms with E-state index in [2.05, 4.69) is 42.7 Å². The van der Waals surface area contributed by atoms with Gasteiger partial charge in [-0.3, -0.25) is 4.90 Å². The number of ether oxygens (including phenoxy) is 2. The Labute approximate surface area is 174 Å². The normalized spacial score (nSPS) is 25.5. The van der Waals surface area contributed by atoms with Crippen LogP contribution in [0.1, 0.15) is 34.1 Å². The molecule has 0 radical (unpaired) electrons. The fourth-order valence-electron chi connectivity index (χ4n) is 4.90. The lowest BCUT2D eigenvalue weighted by atomic mass is 9.85. The second-order valence-electron chi connectivity index (χ2n) is 8.81. The SMILES string of the molecule is COc1ccc(N2CCN(CC3(C)CC4=C(C)OC(C)=C(C)C4=C3N)CC2)cc1. The van der Waals surface area contributed by atoms with Gasteiger partial charge in [0, 0.05) is 60.7 Å². The van der Waals surface area contributed by atoms with Crippen molar-refractivity contribution in [2.45, 2.75) is 34.1 Å². The van der Waals surface area contributed by atoms with Crippen LogP contribution in [0.15, 0.2) is 58.2 Å². The number of hydrogen-bond donors (Lipinski definition) is 1. The van der Waals surface area contributed by atoms with Crippen molar-refractivity contribution in [3.8, 4) is 5.75 Å². The zero-order valence-corrected chi connectivity index (χ0v) is 18.3. The molecular weight excluding hydrogens is 362 g/mol. The third kappa shape index (κ3) is 3.52. The van der Waals surface area contributed by atoms with E-state index in [-0.39, 0.29) is 5.41 Å². The first-order valence-electron chi connectivity index (χ1n) is 10.5. The average molecular weight is 396 g/mol. The molecule has 0 amide bonds. The minimum atomic E-state index is -0.0382. The highest BCUT2D eigenvalue weighted by molar-refractivity contribution is 5.58. The molecule has 5 nitrogen and oxygen atoms in total. The molecule has 1 atom stereocenters. The van der Waals surface area contributed by atoms with Gasteiger partial charge in [0.25, 0.3) is 0 Å². The van der Waals surface area contributed by atoms with Crippen LogP contribution in [0, 0.1) is 5.41 Å². The maximum absolute atomic E-state index is 6.75. The van der Waals surface area contributed by atoms with Gasteiger partial charge in [0.2, 0.25) is 0 Å². The number of nitrogens with zero attached hydrogens (tertiary/aromatic N) is 2. The Hall–Kier alpha value is -2.40. The minimum absolute atomic E-state index is 0.0382. The third-order valence-corrected chi connectivity index (χ3v) is 6.80. The van der Waals surface area contributed by atoms with Crippen LogP contribution in [-0.4, -0.2) is 44.7 Å². The molecule has 0 spiro atoms. The highest BCUT2D eigenvalue weighted by Gasteiger charge is 2.43. The third-order valence-electron chi connectivity index (χ3n) is 6.80. The van der Waals surface area contributed by atoms with Crippen molar-refractivity contribution in [2.75, 3.05) is 44.7 Å². The first kappa shape index (κ1) is 19.9. The van der Waals surface area contributed by atoms with E-state index in [4.69, 9.17) is 15.2 Å². The highest BCUT2D eigenvalue weighted by atomic mass is 16.5. The summed E-state index contributed by atoms with van der Waals surface area (Å²) in [7, 11) is 1.71. The molecule has 4 rings (SSSR count). The van der Waals surface area contributed by atoms with Gasteiger partial charge >= 0.3 is 0 Å². The lowest BCUT2D eigenvalue weighted by Crippen LogP contribution is -2.50. The molecule has 1 fully saturated rings. The number of anilines is 1. The number of nitrogens with two attached hydrogens (primary N) is 1. The van der Waals surface area contributed by atoms with E-state index in [0.29, 0.717) is 0 Å². The van der Waals surface area contributed by atoms with Crippen molar-refractivity contribution in [1.29, 1.82) is 0 Å². The Balaban J connectivity index is 1.44. The topological polar surface area (TPSA) is 51.0 Å². The quantitative estimate of drug-likeness (QED) is 0.834. The van der Waals surface area contributed by atoms with E-state index in [1.165, 1.54) is 22.4 Å². The van der Waals surface area contributed by atoms with Crippen LogP contribution in [0.5, 0.6) is 5.75 Å². The molecule has 3 aliphatic rings. The van der Waals surface area contributed by atoms with Crippen LogP contribution in [0.3, 0.4) is 0 Å². The summed E-state index contributed by atoms with van der Waals surface area (Å²) in [5.41, 5.74) is 12.7. The van der Waals surface area contributed by atoms with E-state index in [1.807, 2.05) is 19.1 Å². The molecule has 1 unspecified atom stereocenters. The van der Waals surface area contributed by atoms with Gasteiger partial charge in [0.05, 0.1) is 7.11 Å². The smallest absolute Gasteiger partial charge is 0.119 e. The molecule has 0 aromatic heterocycles. The molecule has 1 saturated heterocycles. The summed E-state index contributed by atoms with van der Waals surface area (Å²) >= 11 is 0. The van der Waals surface area contributed by atoms with Gasteiger partial charge in [-0.25, -0.2) is 0 Å². The van der Waals surface area contributed by atoms with Gasteiger partial charge in [-0.2, -0.15) is 0 Å². The Morgan fingerprint density at radius 3 is 2.31 bits per heavy atom. The van der Waals surface area contributed by atoms with Crippen molar-refractivity contribution < 1.29 is 9.47 Å². The Bertz CT molecular complexity index is 889. The first-order chi connectivity index (χ1) is 13.8. The summed E-state index contributed by atoms with van der Waals surface area (Å²) in [5.74, 6) is 2.89. The Kier molecular flexibility index (Phi) is 5.11. The second kappa shape index (κ2) is 7.45. The fraction of sp³-hybridized carbons (Fsp3) is 0.500. The van der Waals surface area contributed by atoms with Crippen molar-refractivity contribution in [3.05, 3.63) is 58.2 Å². The van der Waals surface area contributed by atoms with Crippen molar-refractivity contribution in [1.82, 2.24) is 4.90 Å². The standard InChI is InChI=1S/C24H33N3O2/c1-16-17(2)29-18(3)21-14-24(4,23(25)22(16)21)15-26-10-12-27(13-11-26)19-6-8-20(28-5)9-7-19/h6-9H,10-15,25H2,1-5H3. The van der Waals surface area contributed by atoms with Gasteiger partial charge in [0.1, 0.15) is 17.3 Å². The number of allylic oxidation sites excluding steroid dienone is 5. The number of benzene rings is 1. The molecule has 2 N–H and O–H groups in total. The monoisotopic (exact) mass is 395 g/mol. The minimum Gasteiger partial charge on any atom is -0.497 e. The summed E-state index contributed by atoms with van der Waals surface area (Å²) < 4.78 is 11.2. The van der Waals surface area contributed by atoms with E-state index < -0.39 is 0 Å². The average Bonchev–Trinajstić information content (AvgIpc) is 2.98. The number of hydrogen-bond acceptors (Lipinski definition) is 5. The number of fused-ring (bicyclic) bond motifs is 1. The maximum Gasteiger partial charge on any atom is 0.119 e. The number of methoxy groups -OCH3 is 1. The van der Waals surface area contributed by atoms with Crippen LogP contribution in [0.4, 0.5) is 5.69 Å². The fourth-order valence-corrected chi connectivity index (χ4v) is 4.90. The molecule has 1 aromatic rings. The Morgan fingerprint density at radius 2 is 1.69 bits per heavy atom. The van der Waals surface area contributed by atoms with E-state index in [9.17, 15) is 0 Å². The number of piperazine rings is 1. The van der Waals surface area contributed by atoms with Crippen molar-refractivity contribution in [2.24, 2.45) is 11.1 Å². The molecule has 2 heterocycles. The first-order valence-corrected chi connectivity index (χ1v) is 10.5. The van der Waals surface area contributed by atoms with E-state index in [0.717, 1.165) is 62.1 Å². The summed E-state index contributed by atoms with van der Waals surface area (Å²) in [6.07, 6.45) is 0.962. The summed E-state index contributed by atoms with van der Waals surface area (Å²) in [4.78, 5) is 5.01. The van der Waals surface area contributed by atoms with Crippen LogP contribution < -0.4 is 15.4 Å². The highest BCUT2D eigenvalue weighted by Crippen LogP contribution is 2.50. The molecular formula is C24H33N3O2. The molecule has 0 saturated carbocycles. The van der Waals surface area contributed by atoms with Crippen LogP contribution >= 0.6 is 0 Å². The summed E-state index contributed by atoms with van der Waals surface area (Å²) in [5, 5.41) is 0. The molecule has 0 bridgehead atoms. The molecule has 1 aromatic carbocycles. The van der Waals surface area contributed by atoms with E-state index in [1.54, 1.807) is 7.11 Å². The molecule has 156 valence electrons. The molecule has 2 aliphatic heterocycles. The lowest BCUT2D eigenvalue weighted by molar-refractivity contribution is 0.182. The predicted octanol–water partition coefficient (Wildman–Crippen LogP) is 4.04. The second-order valence-corrected chi connectivity index (χ2v) is 8.81. The zero-order valence-electron chi connectivity index (χ0n) is 18.3. The molecule has 5 heteroatoms. The Morgan fingerprint density at radius 1 is 1.03 bits per heavy atom.